The number of aliphatic hydroxyl groups excluding tert-OH is 1. The number of H-pyrrole nitrogens is 1. The van der Waals surface area contributed by atoms with Gasteiger partial charge in [0.05, 0.1) is 19.0 Å². The molecule has 2 fully saturated rings. The molecule has 2 saturated heterocycles. The van der Waals surface area contributed by atoms with E-state index in [2.05, 4.69) is 37.9 Å². The number of aromatic nitrogens is 4. The number of nitrogens with zero attached hydrogens (tertiary/aromatic N) is 3. The Morgan fingerprint density at radius 1 is 1.26 bits per heavy atom. The van der Waals surface area contributed by atoms with E-state index in [9.17, 15) is 33.4 Å². The molecule has 0 radical (unpaired) electrons. The Labute approximate surface area is 195 Å². The molecule has 4 heterocycles. The molecule has 35 heavy (non-hydrogen) atoms. The highest BCUT2D eigenvalue weighted by Gasteiger charge is 2.61. The second-order valence-electron chi connectivity index (χ2n) is 7.39. The second-order valence-corrected chi connectivity index (χ2v) is 12.4. The molecule has 0 amide bonds. The van der Waals surface area contributed by atoms with Crippen LogP contribution in [0.5, 0.6) is 0 Å². The lowest BCUT2D eigenvalue weighted by molar-refractivity contribution is -0.128. The number of aromatic amines is 1. The lowest BCUT2D eigenvalue weighted by Gasteiger charge is -2.32. The molecule has 196 valence electrons. The van der Waals surface area contributed by atoms with Crippen LogP contribution in [0.2, 0.25) is 0 Å². The highest BCUT2D eigenvalue weighted by molar-refractivity contribution is 7.67. The van der Waals surface area contributed by atoms with Crippen LogP contribution >= 0.6 is 23.5 Å². The van der Waals surface area contributed by atoms with Crippen molar-refractivity contribution in [2.75, 3.05) is 33.1 Å². The zero-order valence-corrected chi connectivity index (χ0v) is 20.6. The third-order valence-corrected chi connectivity index (χ3v) is 9.85. The van der Waals surface area contributed by atoms with Gasteiger partial charge in [-0.05, 0) is 0 Å². The summed E-state index contributed by atoms with van der Waals surface area (Å²) in [6, 6.07) is -0.785. The normalized spacial score (nSPS) is 31.3. The number of phosphoric acid groups is 3. The standard InChI is InChI=1S/C13H21N6O13P3/c1-27-33(22,23)31-35(26,28-2)32-34(24,25)29-4-13-3-15-6(8(13)20)11(30-13)19-5-16-7-9(19)17-12(14)18-10(7)21/h5-6,8,11,15,20H,3-4H2,1-2H3,(H,22,23)(H,24,25)(H3,14,17,18,21)/t6-,8+,11-,13-,35?/m1/s1. The van der Waals surface area contributed by atoms with Gasteiger partial charge < -0.3 is 30.7 Å². The number of imidazole rings is 1. The second kappa shape index (κ2) is 9.08. The molecule has 0 spiro atoms. The Bertz CT molecular complexity index is 1330. The van der Waals surface area contributed by atoms with Crippen molar-refractivity contribution < 1.29 is 55.5 Å². The Hall–Kier alpha value is -1.56. The quantitative estimate of drug-likeness (QED) is 0.189. The van der Waals surface area contributed by atoms with Gasteiger partial charge in [0.15, 0.2) is 17.4 Å². The fourth-order valence-electron chi connectivity index (χ4n) is 3.63. The van der Waals surface area contributed by atoms with Crippen LogP contribution in [0.1, 0.15) is 6.23 Å². The molecule has 7 N–H and O–H groups in total. The van der Waals surface area contributed by atoms with Crippen molar-refractivity contribution in [3.8, 4) is 0 Å². The maximum absolute atomic E-state index is 12.4. The summed E-state index contributed by atoms with van der Waals surface area (Å²) in [5.74, 6) is -0.178. The number of hydrogen-bond acceptors (Lipinski definition) is 15. The van der Waals surface area contributed by atoms with E-state index < -0.39 is 59.6 Å². The predicted octanol–water partition coefficient (Wildman–Crippen LogP) is -1.05. The van der Waals surface area contributed by atoms with E-state index in [1.165, 1.54) is 10.9 Å². The lowest BCUT2D eigenvalue weighted by Crippen LogP contribution is -2.46. The van der Waals surface area contributed by atoms with Gasteiger partial charge in [0.25, 0.3) is 5.56 Å². The number of nitrogen functional groups attached to an aromatic ring is 1. The van der Waals surface area contributed by atoms with Crippen molar-refractivity contribution in [3.63, 3.8) is 0 Å². The van der Waals surface area contributed by atoms with Crippen molar-refractivity contribution >= 4 is 40.6 Å². The van der Waals surface area contributed by atoms with Crippen LogP contribution in [0.4, 0.5) is 5.95 Å². The van der Waals surface area contributed by atoms with Crippen LogP contribution in [0.25, 0.3) is 11.2 Å². The maximum Gasteiger partial charge on any atom is 0.492 e. The molecule has 2 aromatic rings. The van der Waals surface area contributed by atoms with E-state index in [1.807, 2.05) is 0 Å². The van der Waals surface area contributed by atoms with Gasteiger partial charge in [-0.2, -0.15) is 13.6 Å². The van der Waals surface area contributed by atoms with Gasteiger partial charge in [0.2, 0.25) is 5.95 Å². The van der Waals surface area contributed by atoms with Crippen LogP contribution < -0.4 is 16.6 Å². The Morgan fingerprint density at radius 2 is 1.94 bits per heavy atom. The molecule has 7 atom stereocenters. The van der Waals surface area contributed by atoms with E-state index in [0.717, 1.165) is 14.2 Å². The molecule has 2 bridgehead atoms. The van der Waals surface area contributed by atoms with Crippen molar-refractivity contribution in [3.05, 3.63) is 16.7 Å². The summed E-state index contributed by atoms with van der Waals surface area (Å²) in [4.78, 5) is 41.6. The molecule has 19 nitrogen and oxygen atoms in total. The number of anilines is 1. The third kappa shape index (κ3) is 5.01. The van der Waals surface area contributed by atoms with Crippen LogP contribution in [0, 0.1) is 0 Å². The van der Waals surface area contributed by atoms with Crippen LogP contribution in [0.3, 0.4) is 0 Å². The van der Waals surface area contributed by atoms with Crippen LogP contribution in [0.15, 0.2) is 11.1 Å². The smallest absolute Gasteiger partial charge is 0.388 e. The number of nitrogens with two attached hydrogens (primary N) is 1. The van der Waals surface area contributed by atoms with Gasteiger partial charge >= 0.3 is 23.5 Å². The first-order valence-corrected chi connectivity index (χ1v) is 13.9. The average molecular weight is 562 g/mol. The molecule has 0 aromatic carbocycles. The number of nitrogens with one attached hydrogen (secondary N) is 2. The molecule has 2 aliphatic rings. The number of aliphatic hydroxyl groups is 1. The van der Waals surface area contributed by atoms with Crippen molar-refractivity contribution in [1.82, 2.24) is 24.8 Å². The number of phosphoric ester groups is 2. The van der Waals surface area contributed by atoms with Crippen molar-refractivity contribution in [2.45, 2.75) is 24.0 Å². The van der Waals surface area contributed by atoms with Crippen LogP contribution in [-0.2, 0) is 40.6 Å². The number of fused-ring (bicyclic) bond motifs is 3. The minimum absolute atomic E-state index is 0.0360. The zero-order valence-electron chi connectivity index (χ0n) is 17.9. The average Bonchev–Trinajstić information content (AvgIpc) is 3.41. The lowest BCUT2D eigenvalue weighted by atomic mass is 10.0. The molecule has 2 aromatic heterocycles. The van der Waals surface area contributed by atoms with Crippen molar-refractivity contribution in [2.24, 2.45) is 0 Å². The van der Waals surface area contributed by atoms with Gasteiger partial charge in [-0.25, -0.2) is 18.7 Å². The number of ether oxygens (including phenoxy) is 1. The summed E-state index contributed by atoms with van der Waals surface area (Å²) in [6.07, 6.45) is -1.05. The first kappa shape index (κ1) is 26.5. The van der Waals surface area contributed by atoms with E-state index in [1.54, 1.807) is 0 Å². The molecule has 4 rings (SSSR count). The van der Waals surface area contributed by atoms with Gasteiger partial charge in [-0.15, -0.1) is 0 Å². The summed E-state index contributed by atoms with van der Waals surface area (Å²) in [5.41, 5.74) is 3.42. The minimum Gasteiger partial charge on any atom is -0.388 e. The maximum atomic E-state index is 12.4. The summed E-state index contributed by atoms with van der Waals surface area (Å²) in [6.45, 7) is -0.832. The summed E-state index contributed by atoms with van der Waals surface area (Å²) >= 11 is 0. The Kier molecular flexibility index (Phi) is 6.87. The van der Waals surface area contributed by atoms with Gasteiger partial charge in [-0.1, -0.05) is 0 Å². The van der Waals surface area contributed by atoms with E-state index in [4.69, 9.17) is 15.0 Å². The first-order valence-electron chi connectivity index (χ1n) is 9.50. The summed E-state index contributed by atoms with van der Waals surface area (Å²) < 4.78 is 65.3. The third-order valence-electron chi connectivity index (χ3n) is 5.24. The van der Waals surface area contributed by atoms with Gasteiger partial charge in [0, 0.05) is 20.8 Å². The molecule has 22 heteroatoms. The molecular formula is C13H21N6O13P3. The van der Waals surface area contributed by atoms with Gasteiger partial charge in [0.1, 0.15) is 11.7 Å². The molecule has 3 unspecified atom stereocenters. The van der Waals surface area contributed by atoms with Crippen LogP contribution in [-0.4, -0.2) is 79.5 Å². The van der Waals surface area contributed by atoms with Crippen molar-refractivity contribution in [1.29, 1.82) is 0 Å². The number of morpholine rings is 1. The topological polar surface area (TPSA) is 269 Å². The molecule has 0 aliphatic carbocycles. The molecule has 0 saturated carbocycles. The summed E-state index contributed by atoms with van der Waals surface area (Å²) in [7, 11) is -13.9. The predicted molar refractivity (Wildman–Crippen MR) is 113 cm³/mol. The fourth-order valence-corrected chi connectivity index (χ4v) is 7.41. The largest absolute Gasteiger partial charge is 0.492 e. The van der Waals surface area contributed by atoms with E-state index in [0.29, 0.717) is 0 Å². The van der Waals surface area contributed by atoms with Gasteiger partial charge in [-0.3, -0.25) is 27.9 Å². The Morgan fingerprint density at radius 3 is 2.60 bits per heavy atom. The minimum atomic E-state index is -5.29. The SMILES string of the molecule is COP(=O)(O)OP(=O)(OC)OP(=O)(O)OC[C@@]12CN[C@@H]([C@H](n3cnc4c(=O)[nH]c(N)nc43)O1)[C@@H]2O. The fraction of sp³-hybridized carbons (Fsp3) is 0.615. The Balaban J connectivity index is 1.52. The number of hydrogen-bond donors (Lipinski definition) is 6. The number of rotatable bonds is 10. The highest BCUT2D eigenvalue weighted by atomic mass is 31.3. The highest BCUT2D eigenvalue weighted by Crippen LogP contribution is 2.70. The molecular weight excluding hydrogens is 541 g/mol. The summed E-state index contributed by atoms with van der Waals surface area (Å²) in [5, 5.41) is 13.7. The zero-order chi connectivity index (χ0) is 25.8. The first-order chi connectivity index (χ1) is 16.2. The van der Waals surface area contributed by atoms with E-state index in [-0.39, 0.29) is 23.7 Å². The monoisotopic (exact) mass is 562 g/mol. The molecule has 2 aliphatic heterocycles. The van der Waals surface area contributed by atoms with E-state index >= 15 is 0 Å².